The zero-order valence-corrected chi connectivity index (χ0v) is 5.58. The first kappa shape index (κ1) is 5.73. The highest BCUT2D eigenvalue weighted by atomic mass is 16.1. The summed E-state index contributed by atoms with van der Waals surface area (Å²) in [5, 5.41) is 0. The van der Waals surface area contributed by atoms with Crippen molar-refractivity contribution >= 4 is 5.78 Å². The molecule has 0 saturated heterocycles. The van der Waals surface area contributed by atoms with Crippen LogP contribution in [0.3, 0.4) is 0 Å². The average Bonchev–Trinajstić information content (AvgIpc) is 2.46. The number of Topliss-reactive ketones (excluding diaryl/α,β-unsaturated/α-hetero) is 1. The quantitative estimate of drug-likeness (QED) is 0.355. The molecule has 0 N–H and O–H groups in total. The molecule has 2 bridgehead atoms. The summed E-state index contributed by atoms with van der Waals surface area (Å²) in [6, 6.07) is 0. The summed E-state index contributed by atoms with van der Waals surface area (Å²) in [5.74, 6) is 3.41. The van der Waals surface area contributed by atoms with Gasteiger partial charge in [0.15, 0.2) is 0 Å². The van der Waals surface area contributed by atoms with Gasteiger partial charge in [-0.3, -0.25) is 4.79 Å². The van der Waals surface area contributed by atoms with Crippen LogP contribution in [0.1, 0.15) is 6.42 Å². The molecule has 50 valence electrons. The molecule has 0 amide bonds. The van der Waals surface area contributed by atoms with E-state index in [0.717, 1.165) is 6.42 Å². The Balaban J connectivity index is 2.34. The number of allylic oxidation sites excluding steroid dienone is 2. The molecule has 0 heterocycles. The normalized spacial score (nSPS) is 42.3. The molecule has 0 aromatic carbocycles. The van der Waals surface area contributed by atoms with Crippen LogP contribution in [0.4, 0.5) is 0 Å². The SMILES string of the molecule is C#C[C@H]1C[C@H]2C=C[C@@H]1C2=O. The molecule has 0 unspecified atom stereocenters. The van der Waals surface area contributed by atoms with Crippen LogP contribution in [0.2, 0.25) is 0 Å². The highest BCUT2D eigenvalue weighted by molar-refractivity contribution is 5.92. The Morgan fingerprint density at radius 2 is 2.40 bits per heavy atom. The predicted octanol–water partition coefficient (Wildman–Crippen LogP) is 1.01. The molecule has 1 heteroatoms. The number of rotatable bonds is 0. The molecule has 1 nitrogen and oxygen atoms in total. The minimum atomic E-state index is 0.0648. The predicted molar refractivity (Wildman–Crippen MR) is 38.1 cm³/mol. The molecule has 2 aliphatic carbocycles. The number of hydrogen-bond donors (Lipinski definition) is 0. The molecule has 2 rings (SSSR count). The Morgan fingerprint density at radius 1 is 1.60 bits per heavy atom. The lowest BCUT2D eigenvalue weighted by atomic mass is 9.95. The Kier molecular flexibility index (Phi) is 0.990. The van der Waals surface area contributed by atoms with Crippen molar-refractivity contribution in [2.75, 3.05) is 0 Å². The van der Waals surface area contributed by atoms with Crippen LogP contribution in [0.5, 0.6) is 0 Å². The molecule has 0 aromatic heterocycles. The van der Waals surface area contributed by atoms with Crippen LogP contribution in [0.15, 0.2) is 12.2 Å². The molecular formula is C9H8O. The van der Waals surface area contributed by atoms with E-state index >= 15 is 0 Å². The van der Waals surface area contributed by atoms with E-state index in [1.165, 1.54) is 0 Å². The van der Waals surface area contributed by atoms with E-state index in [4.69, 9.17) is 6.42 Å². The molecule has 0 aliphatic heterocycles. The summed E-state index contributed by atoms with van der Waals surface area (Å²) < 4.78 is 0. The number of ketones is 1. The molecular weight excluding hydrogens is 124 g/mol. The van der Waals surface area contributed by atoms with Crippen LogP contribution in [0, 0.1) is 30.1 Å². The van der Waals surface area contributed by atoms with Crippen LogP contribution >= 0.6 is 0 Å². The van der Waals surface area contributed by atoms with Crippen molar-refractivity contribution in [1.82, 2.24) is 0 Å². The van der Waals surface area contributed by atoms with Crippen LogP contribution in [-0.2, 0) is 4.79 Å². The fourth-order valence-electron chi connectivity index (χ4n) is 1.81. The number of carbonyl (C=O) groups excluding carboxylic acids is 1. The third-order valence-electron chi connectivity index (χ3n) is 2.40. The van der Waals surface area contributed by atoms with Crippen LogP contribution in [0.25, 0.3) is 0 Å². The maximum atomic E-state index is 11.2. The van der Waals surface area contributed by atoms with Gasteiger partial charge in [-0.1, -0.05) is 12.2 Å². The van der Waals surface area contributed by atoms with Crippen molar-refractivity contribution in [2.45, 2.75) is 6.42 Å². The Bertz CT molecular complexity index is 244. The summed E-state index contributed by atoms with van der Waals surface area (Å²) in [4.78, 5) is 11.2. The second kappa shape index (κ2) is 1.73. The average molecular weight is 132 g/mol. The molecule has 0 radical (unpaired) electrons. The smallest absolute Gasteiger partial charge is 0.147 e. The first-order valence-electron chi connectivity index (χ1n) is 3.51. The third kappa shape index (κ3) is 0.515. The standard InChI is InChI=1S/C9H8O/c1-2-6-5-7-3-4-8(6)9(7)10/h1,3-4,6-8H,5H2/t6-,7+,8-/m0/s1. The van der Waals surface area contributed by atoms with E-state index in [9.17, 15) is 4.79 Å². The summed E-state index contributed by atoms with van der Waals surface area (Å²) >= 11 is 0. The largest absolute Gasteiger partial charge is 0.298 e. The summed E-state index contributed by atoms with van der Waals surface area (Å²) in [5.41, 5.74) is 0. The van der Waals surface area contributed by atoms with Crippen LogP contribution in [-0.4, -0.2) is 5.78 Å². The van der Waals surface area contributed by atoms with Gasteiger partial charge in [0.25, 0.3) is 0 Å². The van der Waals surface area contributed by atoms with E-state index in [1.54, 1.807) is 0 Å². The van der Waals surface area contributed by atoms with Crippen molar-refractivity contribution in [3.05, 3.63) is 12.2 Å². The van der Waals surface area contributed by atoms with Gasteiger partial charge in [0.05, 0.1) is 5.92 Å². The highest BCUT2D eigenvalue weighted by Gasteiger charge is 2.42. The highest BCUT2D eigenvalue weighted by Crippen LogP contribution is 2.39. The Labute approximate surface area is 60.1 Å². The first-order valence-corrected chi connectivity index (χ1v) is 3.51. The number of terminal acetylenes is 1. The van der Waals surface area contributed by atoms with E-state index in [-0.39, 0.29) is 17.8 Å². The van der Waals surface area contributed by atoms with E-state index in [1.807, 2.05) is 12.2 Å². The van der Waals surface area contributed by atoms with Gasteiger partial charge in [0.2, 0.25) is 0 Å². The molecule has 10 heavy (non-hydrogen) atoms. The number of fused-ring (bicyclic) bond motifs is 2. The van der Waals surface area contributed by atoms with Gasteiger partial charge in [-0.2, -0.15) is 0 Å². The van der Waals surface area contributed by atoms with Gasteiger partial charge >= 0.3 is 0 Å². The topological polar surface area (TPSA) is 17.1 Å². The second-order valence-electron chi connectivity index (χ2n) is 2.93. The van der Waals surface area contributed by atoms with Crippen LogP contribution < -0.4 is 0 Å². The lowest BCUT2D eigenvalue weighted by Gasteiger charge is -2.07. The molecule has 0 spiro atoms. The third-order valence-corrected chi connectivity index (χ3v) is 2.40. The van der Waals surface area contributed by atoms with E-state index in [0.29, 0.717) is 5.78 Å². The summed E-state index contributed by atoms with van der Waals surface area (Å²) in [6.07, 6.45) is 10.1. The molecule has 2 aliphatic rings. The monoisotopic (exact) mass is 132 g/mol. The Hall–Kier alpha value is -1.03. The maximum Gasteiger partial charge on any atom is 0.147 e. The minimum absolute atomic E-state index is 0.0648. The molecule has 0 aromatic rings. The lowest BCUT2D eigenvalue weighted by molar-refractivity contribution is -0.120. The van der Waals surface area contributed by atoms with E-state index < -0.39 is 0 Å². The zero-order chi connectivity index (χ0) is 7.14. The van der Waals surface area contributed by atoms with E-state index in [2.05, 4.69) is 5.92 Å². The molecule has 3 atom stereocenters. The number of hydrogen-bond acceptors (Lipinski definition) is 1. The van der Waals surface area contributed by atoms with Crippen molar-refractivity contribution in [3.8, 4) is 12.3 Å². The zero-order valence-electron chi connectivity index (χ0n) is 5.58. The maximum absolute atomic E-state index is 11.2. The second-order valence-corrected chi connectivity index (χ2v) is 2.93. The van der Waals surface area contributed by atoms with Crippen molar-refractivity contribution in [1.29, 1.82) is 0 Å². The number of carbonyl (C=O) groups is 1. The van der Waals surface area contributed by atoms with Crippen molar-refractivity contribution < 1.29 is 4.79 Å². The van der Waals surface area contributed by atoms with Gasteiger partial charge in [-0.05, 0) is 6.42 Å². The Morgan fingerprint density at radius 3 is 2.70 bits per heavy atom. The van der Waals surface area contributed by atoms with Crippen molar-refractivity contribution in [3.63, 3.8) is 0 Å². The fraction of sp³-hybridized carbons (Fsp3) is 0.444. The fourth-order valence-corrected chi connectivity index (χ4v) is 1.81. The van der Waals surface area contributed by atoms with Gasteiger partial charge in [0.1, 0.15) is 5.78 Å². The summed E-state index contributed by atoms with van der Waals surface area (Å²) in [7, 11) is 0. The summed E-state index contributed by atoms with van der Waals surface area (Å²) in [6.45, 7) is 0. The molecule has 1 saturated carbocycles. The van der Waals surface area contributed by atoms with Gasteiger partial charge in [-0.25, -0.2) is 0 Å². The van der Waals surface area contributed by atoms with Gasteiger partial charge < -0.3 is 0 Å². The van der Waals surface area contributed by atoms with Crippen molar-refractivity contribution in [2.24, 2.45) is 17.8 Å². The van der Waals surface area contributed by atoms with Gasteiger partial charge in [-0.15, -0.1) is 12.3 Å². The first-order chi connectivity index (χ1) is 4.83. The van der Waals surface area contributed by atoms with Gasteiger partial charge in [0, 0.05) is 11.8 Å². The molecule has 1 fully saturated rings. The minimum Gasteiger partial charge on any atom is -0.298 e. The lowest BCUT2D eigenvalue weighted by Crippen LogP contribution is -2.08.